The Morgan fingerprint density at radius 1 is 1.67 bits per heavy atom. The van der Waals surface area contributed by atoms with Crippen molar-refractivity contribution < 1.29 is 19.4 Å². The zero-order valence-corrected chi connectivity index (χ0v) is 7.51. The van der Waals surface area contributed by atoms with Crippen LogP contribution in [0.1, 0.15) is 13.3 Å². The molecule has 4 nitrogen and oxygen atoms in total. The number of aliphatic hydroxyl groups is 1. The molecule has 0 aromatic rings. The first-order valence-corrected chi connectivity index (χ1v) is 3.80. The molecule has 5 heteroatoms. The molecular formula is C7H10O4S. The van der Waals surface area contributed by atoms with Crippen molar-refractivity contribution in [1.29, 1.82) is 0 Å². The van der Waals surface area contributed by atoms with Gasteiger partial charge in [-0.2, -0.15) is 0 Å². The van der Waals surface area contributed by atoms with Crippen LogP contribution in [0, 0.1) is 0 Å². The summed E-state index contributed by atoms with van der Waals surface area (Å²) in [5.41, 5.74) is -1.41. The van der Waals surface area contributed by atoms with E-state index in [4.69, 9.17) is 5.11 Å². The second-order valence-electron chi connectivity index (χ2n) is 2.04. The molecule has 0 rings (SSSR count). The molecule has 0 bridgehead atoms. The third-order valence-electron chi connectivity index (χ3n) is 1.12. The summed E-state index contributed by atoms with van der Waals surface area (Å²) < 4.78 is 4.16. The highest BCUT2D eigenvalue weighted by atomic mass is 32.1. The summed E-state index contributed by atoms with van der Waals surface area (Å²) in [6, 6.07) is 0. The zero-order valence-electron chi connectivity index (χ0n) is 6.61. The van der Waals surface area contributed by atoms with Gasteiger partial charge in [0, 0.05) is 5.57 Å². The molecular weight excluding hydrogens is 180 g/mol. The maximum absolute atomic E-state index is 10.8. The molecule has 0 saturated carbocycles. The molecule has 1 N–H and O–H groups in total. The van der Waals surface area contributed by atoms with Gasteiger partial charge in [-0.3, -0.25) is 0 Å². The van der Waals surface area contributed by atoms with E-state index in [0.29, 0.717) is 6.42 Å². The molecule has 1 atom stereocenters. The molecule has 0 amide bonds. The number of aliphatic hydroxyl groups excluding tert-OH is 1. The number of hydrogen-bond donors (Lipinski definition) is 2. The number of ether oxygens (including phenoxy) is 1. The first kappa shape index (κ1) is 11.2. The molecule has 1 unspecified atom stereocenters. The predicted octanol–water partition coefficient (Wildman–Crippen LogP) is 0.271. The second kappa shape index (κ2) is 4.95. The number of carbonyl (C=O) groups excluding carboxylic acids is 2. The summed E-state index contributed by atoms with van der Waals surface area (Å²) in [7, 11) is 0. The Hall–Kier alpha value is -0.810. The molecule has 0 spiro atoms. The van der Waals surface area contributed by atoms with E-state index < -0.39 is 17.4 Å². The molecule has 68 valence electrons. The maximum atomic E-state index is 10.8. The van der Waals surface area contributed by atoms with Crippen molar-refractivity contribution in [2.24, 2.45) is 0 Å². The minimum atomic E-state index is -1.58. The Balaban J connectivity index is 4.02. The van der Waals surface area contributed by atoms with Crippen molar-refractivity contribution in [3.63, 3.8) is 0 Å². The van der Waals surface area contributed by atoms with Gasteiger partial charge < -0.3 is 9.84 Å². The Morgan fingerprint density at radius 2 is 2.17 bits per heavy atom. The van der Waals surface area contributed by atoms with E-state index in [2.05, 4.69) is 23.9 Å². The van der Waals surface area contributed by atoms with Crippen LogP contribution >= 0.6 is 12.6 Å². The van der Waals surface area contributed by atoms with E-state index in [-0.39, 0.29) is 5.57 Å². The minimum Gasteiger partial charge on any atom is -0.387 e. The Kier molecular flexibility index (Phi) is 4.61. The number of rotatable bonds is 3. The third kappa shape index (κ3) is 3.54. The number of thiol groups is 1. The third-order valence-corrected chi connectivity index (χ3v) is 1.33. The highest BCUT2D eigenvalue weighted by molar-refractivity contribution is 7.81. The number of carbonyl (C=O) groups is 2. The van der Waals surface area contributed by atoms with Gasteiger partial charge in [0.1, 0.15) is 0 Å². The van der Waals surface area contributed by atoms with E-state index in [9.17, 15) is 9.59 Å². The van der Waals surface area contributed by atoms with Crippen LogP contribution in [0.4, 0.5) is 0 Å². The zero-order chi connectivity index (χ0) is 9.72. The summed E-state index contributed by atoms with van der Waals surface area (Å²) >= 11 is 3.36. The van der Waals surface area contributed by atoms with Crippen molar-refractivity contribution in [1.82, 2.24) is 0 Å². The molecule has 0 saturated heterocycles. The van der Waals surface area contributed by atoms with Crippen LogP contribution < -0.4 is 0 Å². The standard InChI is InChI=1S/C7H10O4S/c1-3-4(2)5(8)11-6(9)7(10)12/h7,10,12H,2-3H2,1H3. The lowest BCUT2D eigenvalue weighted by atomic mass is 10.2. The topological polar surface area (TPSA) is 63.6 Å². The van der Waals surface area contributed by atoms with E-state index in [1.807, 2.05) is 0 Å². The van der Waals surface area contributed by atoms with Crippen LogP contribution in [0.25, 0.3) is 0 Å². The van der Waals surface area contributed by atoms with Crippen LogP contribution in [-0.4, -0.2) is 22.5 Å². The average Bonchev–Trinajstić information content (AvgIpc) is 2.02. The Labute approximate surface area is 75.6 Å². The van der Waals surface area contributed by atoms with Crippen molar-refractivity contribution in [2.75, 3.05) is 0 Å². The lowest BCUT2D eigenvalue weighted by Crippen LogP contribution is -2.21. The predicted molar refractivity (Wildman–Crippen MR) is 45.5 cm³/mol. The quantitative estimate of drug-likeness (QED) is 0.220. The monoisotopic (exact) mass is 190 g/mol. The fourth-order valence-electron chi connectivity index (χ4n) is 0.361. The summed E-state index contributed by atoms with van der Waals surface area (Å²) in [6.07, 6.45) is 0.398. The molecule has 0 heterocycles. The fraction of sp³-hybridized carbons (Fsp3) is 0.429. The van der Waals surface area contributed by atoms with Crippen molar-refractivity contribution >= 4 is 24.6 Å². The van der Waals surface area contributed by atoms with Gasteiger partial charge >= 0.3 is 11.9 Å². The van der Waals surface area contributed by atoms with Crippen LogP contribution in [0.3, 0.4) is 0 Å². The van der Waals surface area contributed by atoms with E-state index in [0.717, 1.165) is 0 Å². The lowest BCUT2D eigenvalue weighted by Gasteiger charge is -2.03. The minimum absolute atomic E-state index is 0.178. The number of hydrogen-bond acceptors (Lipinski definition) is 5. The van der Waals surface area contributed by atoms with Crippen LogP contribution in [0.2, 0.25) is 0 Å². The normalized spacial score (nSPS) is 11.9. The van der Waals surface area contributed by atoms with Gasteiger partial charge in [0.25, 0.3) is 0 Å². The molecule has 0 fully saturated rings. The van der Waals surface area contributed by atoms with Gasteiger partial charge in [-0.1, -0.05) is 13.5 Å². The Morgan fingerprint density at radius 3 is 2.50 bits per heavy atom. The van der Waals surface area contributed by atoms with Crippen LogP contribution in [0.5, 0.6) is 0 Å². The molecule has 0 aliphatic carbocycles. The summed E-state index contributed by atoms with van der Waals surface area (Å²) in [5, 5.41) is 8.53. The highest BCUT2D eigenvalue weighted by Gasteiger charge is 2.17. The maximum Gasteiger partial charge on any atom is 0.353 e. The van der Waals surface area contributed by atoms with Gasteiger partial charge in [0.15, 0.2) is 5.44 Å². The van der Waals surface area contributed by atoms with E-state index in [1.165, 1.54) is 0 Å². The molecule has 0 aliphatic rings. The molecule has 12 heavy (non-hydrogen) atoms. The van der Waals surface area contributed by atoms with Gasteiger partial charge in [0.05, 0.1) is 0 Å². The number of esters is 2. The summed E-state index contributed by atoms with van der Waals surface area (Å²) in [4.78, 5) is 21.4. The molecule has 0 radical (unpaired) electrons. The largest absolute Gasteiger partial charge is 0.387 e. The van der Waals surface area contributed by atoms with Gasteiger partial charge in [-0.15, -0.1) is 12.6 Å². The van der Waals surface area contributed by atoms with E-state index in [1.54, 1.807) is 6.92 Å². The first-order valence-electron chi connectivity index (χ1n) is 3.29. The van der Waals surface area contributed by atoms with Crippen LogP contribution in [0.15, 0.2) is 12.2 Å². The first-order chi connectivity index (χ1) is 5.49. The van der Waals surface area contributed by atoms with Crippen LogP contribution in [-0.2, 0) is 14.3 Å². The fourth-order valence-corrected chi connectivity index (χ4v) is 0.413. The molecule has 0 aromatic heterocycles. The molecule has 0 aliphatic heterocycles. The van der Waals surface area contributed by atoms with Crippen molar-refractivity contribution in [3.05, 3.63) is 12.2 Å². The Bertz CT molecular complexity index is 209. The SMILES string of the molecule is C=C(CC)C(=O)OC(=O)C(O)S. The van der Waals surface area contributed by atoms with Gasteiger partial charge in [0.2, 0.25) is 0 Å². The van der Waals surface area contributed by atoms with Crippen molar-refractivity contribution in [2.45, 2.75) is 18.8 Å². The molecule has 0 aromatic carbocycles. The average molecular weight is 190 g/mol. The van der Waals surface area contributed by atoms with Crippen molar-refractivity contribution in [3.8, 4) is 0 Å². The smallest absolute Gasteiger partial charge is 0.353 e. The summed E-state index contributed by atoms with van der Waals surface area (Å²) in [5.74, 6) is -1.91. The van der Waals surface area contributed by atoms with Gasteiger partial charge in [-0.25, -0.2) is 9.59 Å². The summed E-state index contributed by atoms with van der Waals surface area (Å²) in [6.45, 7) is 5.05. The lowest BCUT2D eigenvalue weighted by molar-refractivity contribution is -0.160. The second-order valence-corrected chi connectivity index (χ2v) is 2.53. The highest BCUT2D eigenvalue weighted by Crippen LogP contribution is 2.02. The van der Waals surface area contributed by atoms with Gasteiger partial charge in [-0.05, 0) is 6.42 Å². The van der Waals surface area contributed by atoms with E-state index >= 15 is 0 Å².